The maximum atomic E-state index is 12.5. The highest BCUT2D eigenvalue weighted by Gasteiger charge is 2.47. The number of hydrogen-bond acceptors (Lipinski definition) is 4. The lowest BCUT2D eigenvalue weighted by Gasteiger charge is -2.30. The van der Waals surface area contributed by atoms with Crippen LogP contribution in [0.4, 0.5) is 13.2 Å². The minimum atomic E-state index is -4.76. The predicted octanol–water partition coefficient (Wildman–Crippen LogP) is 4.66. The molecule has 0 fully saturated rings. The Balaban J connectivity index is 2.19. The molecule has 2 aromatic carbocycles. The molecule has 0 saturated heterocycles. The number of amidine groups is 1. The summed E-state index contributed by atoms with van der Waals surface area (Å²) in [5.74, 6) is 0.580. The van der Waals surface area contributed by atoms with Gasteiger partial charge in [-0.15, -0.1) is 13.2 Å². The zero-order valence-electron chi connectivity index (χ0n) is 15.9. The second-order valence-electron chi connectivity index (χ2n) is 6.53. The number of aliphatic imine (C=N–C) groups is 2. The van der Waals surface area contributed by atoms with Crippen LogP contribution in [0.1, 0.15) is 24.5 Å². The van der Waals surface area contributed by atoms with E-state index in [-0.39, 0.29) is 11.7 Å². The van der Waals surface area contributed by atoms with Crippen LogP contribution < -0.4 is 10.5 Å². The van der Waals surface area contributed by atoms with E-state index in [4.69, 9.17) is 15.7 Å². The van der Waals surface area contributed by atoms with Crippen LogP contribution in [0.5, 0.6) is 5.75 Å². The molecular formula is C20H20BrF3N4O. The largest absolute Gasteiger partial charge is 0.573 e. The molecule has 0 bridgehead atoms. The molecule has 0 saturated carbocycles. The number of nitrogens with zero attached hydrogens (tertiary/aromatic N) is 3. The van der Waals surface area contributed by atoms with Gasteiger partial charge in [-0.25, -0.2) is 4.99 Å². The Morgan fingerprint density at radius 2 is 1.86 bits per heavy atom. The molecule has 0 spiro atoms. The quantitative estimate of drug-likeness (QED) is 0.693. The number of alkyl halides is 3. The third kappa shape index (κ3) is 4.24. The first-order valence-corrected chi connectivity index (χ1v) is 9.73. The third-order valence-corrected chi connectivity index (χ3v) is 4.99. The summed E-state index contributed by atoms with van der Waals surface area (Å²) in [6, 6.07) is 13.2. The summed E-state index contributed by atoms with van der Waals surface area (Å²) in [5.41, 5.74) is 6.50. The first-order valence-electron chi connectivity index (χ1n) is 8.93. The molecule has 154 valence electrons. The number of ether oxygens (including phenoxy) is 1. The number of hydrogen-bond donors (Lipinski definition) is 1. The van der Waals surface area contributed by atoms with Gasteiger partial charge in [-0.2, -0.15) is 0 Å². The van der Waals surface area contributed by atoms with E-state index in [2.05, 4.69) is 20.7 Å². The number of rotatable bonds is 5. The highest BCUT2D eigenvalue weighted by Crippen LogP contribution is 2.41. The van der Waals surface area contributed by atoms with Crippen molar-refractivity contribution in [2.24, 2.45) is 15.7 Å². The van der Waals surface area contributed by atoms with Gasteiger partial charge < -0.3 is 15.4 Å². The molecule has 1 aliphatic rings. The Bertz CT molecular complexity index is 943. The van der Waals surface area contributed by atoms with Crippen molar-refractivity contribution in [3.05, 3.63) is 64.1 Å². The highest BCUT2D eigenvalue weighted by atomic mass is 79.9. The van der Waals surface area contributed by atoms with Gasteiger partial charge in [0.05, 0.1) is 0 Å². The normalized spacial score (nSPS) is 20.8. The Morgan fingerprint density at radius 3 is 2.45 bits per heavy atom. The minimum absolute atomic E-state index is 0.274. The van der Waals surface area contributed by atoms with Crippen molar-refractivity contribution in [2.75, 3.05) is 13.6 Å². The zero-order chi connectivity index (χ0) is 21.2. The van der Waals surface area contributed by atoms with Gasteiger partial charge in [-0.3, -0.25) is 4.99 Å². The van der Waals surface area contributed by atoms with E-state index in [1.807, 2.05) is 31.2 Å². The fraction of sp³-hybridized carbons (Fsp3) is 0.300. The van der Waals surface area contributed by atoms with E-state index in [1.54, 1.807) is 24.1 Å². The molecular weight excluding hydrogens is 449 g/mol. The molecule has 0 radical (unpaired) electrons. The molecule has 0 aromatic heterocycles. The summed E-state index contributed by atoms with van der Waals surface area (Å²) in [5, 5.41) is 0. The molecule has 1 atom stereocenters. The van der Waals surface area contributed by atoms with Gasteiger partial charge >= 0.3 is 6.36 Å². The summed E-state index contributed by atoms with van der Waals surface area (Å²) < 4.78 is 42.5. The molecule has 1 heterocycles. The molecule has 2 N–H and O–H groups in total. The van der Waals surface area contributed by atoms with Crippen LogP contribution >= 0.6 is 15.9 Å². The molecule has 5 nitrogen and oxygen atoms in total. The maximum absolute atomic E-state index is 12.5. The van der Waals surface area contributed by atoms with Crippen molar-refractivity contribution in [1.82, 2.24) is 4.90 Å². The minimum Gasteiger partial charge on any atom is -0.406 e. The monoisotopic (exact) mass is 468 g/mol. The van der Waals surface area contributed by atoms with Crippen LogP contribution in [0.2, 0.25) is 0 Å². The van der Waals surface area contributed by atoms with Crippen LogP contribution in [0.3, 0.4) is 0 Å². The van der Waals surface area contributed by atoms with Crippen molar-refractivity contribution in [3.8, 4) is 5.75 Å². The number of guanidine groups is 1. The van der Waals surface area contributed by atoms with Gasteiger partial charge in [0, 0.05) is 18.1 Å². The van der Waals surface area contributed by atoms with E-state index < -0.39 is 11.9 Å². The van der Waals surface area contributed by atoms with Gasteiger partial charge in [0.25, 0.3) is 0 Å². The van der Waals surface area contributed by atoms with Crippen LogP contribution in [-0.2, 0) is 5.54 Å². The van der Waals surface area contributed by atoms with Crippen molar-refractivity contribution in [2.45, 2.75) is 25.2 Å². The average molecular weight is 469 g/mol. The summed E-state index contributed by atoms with van der Waals surface area (Å²) in [7, 11) is 1.77. The topological polar surface area (TPSA) is 63.2 Å². The lowest BCUT2D eigenvalue weighted by atomic mass is 9.82. The molecule has 1 aliphatic heterocycles. The van der Waals surface area contributed by atoms with Crippen molar-refractivity contribution < 1.29 is 17.9 Å². The smallest absolute Gasteiger partial charge is 0.406 e. The van der Waals surface area contributed by atoms with Crippen molar-refractivity contribution in [1.29, 1.82) is 0 Å². The van der Waals surface area contributed by atoms with Gasteiger partial charge in [0.1, 0.15) is 11.6 Å². The SMILES string of the molecule is CCCN=C1N(C)C(N)=NC1(c1ccc(OC(F)(F)F)cc1)c1cccc(Br)c1. The molecule has 0 aliphatic carbocycles. The van der Waals surface area contributed by atoms with Crippen molar-refractivity contribution in [3.63, 3.8) is 0 Å². The first-order chi connectivity index (χ1) is 13.7. The number of nitrogens with two attached hydrogens (primary N) is 1. The maximum Gasteiger partial charge on any atom is 0.573 e. The van der Waals surface area contributed by atoms with Crippen LogP contribution in [0.15, 0.2) is 63.0 Å². The lowest BCUT2D eigenvalue weighted by molar-refractivity contribution is -0.274. The number of likely N-dealkylation sites (N-methyl/N-ethyl adjacent to an activating group) is 1. The fourth-order valence-electron chi connectivity index (χ4n) is 3.25. The Hall–Kier alpha value is -2.55. The number of benzene rings is 2. The highest BCUT2D eigenvalue weighted by molar-refractivity contribution is 9.10. The number of halogens is 4. The van der Waals surface area contributed by atoms with E-state index >= 15 is 0 Å². The molecule has 3 rings (SSSR count). The zero-order valence-corrected chi connectivity index (χ0v) is 17.5. The second-order valence-corrected chi connectivity index (χ2v) is 7.44. The Morgan fingerprint density at radius 1 is 1.17 bits per heavy atom. The predicted molar refractivity (Wildman–Crippen MR) is 110 cm³/mol. The van der Waals surface area contributed by atoms with Gasteiger partial charge in [0.2, 0.25) is 0 Å². The summed E-state index contributed by atoms with van der Waals surface area (Å²) in [6.45, 7) is 2.57. The van der Waals surface area contributed by atoms with Crippen LogP contribution in [0.25, 0.3) is 0 Å². The standard InChI is InChI=1S/C20H20BrF3N4O/c1-3-11-26-17-19(27-18(25)28(17)2,14-5-4-6-15(21)12-14)13-7-9-16(10-8-13)29-20(22,23)24/h4-10,12H,3,11H2,1-2H3,(H2,25,27). The molecule has 1 unspecified atom stereocenters. The van der Waals surface area contributed by atoms with Gasteiger partial charge in [-0.05, 0) is 41.8 Å². The van der Waals surface area contributed by atoms with E-state index in [0.717, 1.165) is 16.5 Å². The van der Waals surface area contributed by atoms with Crippen LogP contribution in [-0.4, -0.2) is 36.6 Å². The van der Waals surface area contributed by atoms with Crippen molar-refractivity contribution >= 4 is 27.7 Å². The Labute approximate surface area is 175 Å². The fourth-order valence-corrected chi connectivity index (χ4v) is 3.65. The van der Waals surface area contributed by atoms with Gasteiger partial charge in [-0.1, -0.05) is 47.1 Å². The lowest BCUT2D eigenvalue weighted by Crippen LogP contribution is -2.41. The summed E-state index contributed by atoms with van der Waals surface area (Å²) in [4.78, 5) is 11.1. The van der Waals surface area contributed by atoms with Gasteiger partial charge in [0.15, 0.2) is 11.5 Å². The third-order valence-electron chi connectivity index (χ3n) is 4.50. The molecule has 2 aromatic rings. The second kappa shape index (κ2) is 8.06. The molecule has 29 heavy (non-hydrogen) atoms. The van der Waals surface area contributed by atoms with E-state index in [9.17, 15) is 13.2 Å². The molecule has 0 amide bonds. The van der Waals surface area contributed by atoms with E-state index in [0.29, 0.717) is 17.9 Å². The average Bonchev–Trinajstić information content (AvgIpc) is 2.91. The molecule has 9 heteroatoms. The van der Waals surface area contributed by atoms with Crippen LogP contribution in [0, 0.1) is 0 Å². The summed E-state index contributed by atoms with van der Waals surface area (Å²) in [6.07, 6.45) is -3.93. The Kier molecular flexibility index (Phi) is 5.88. The first kappa shape index (κ1) is 21.2. The summed E-state index contributed by atoms with van der Waals surface area (Å²) >= 11 is 3.48. The van der Waals surface area contributed by atoms with E-state index in [1.165, 1.54) is 12.1 Å².